The molecule has 2 rings (SSSR count). The van der Waals surface area contributed by atoms with E-state index in [1.807, 2.05) is 0 Å². The summed E-state index contributed by atoms with van der Waals surface area (Å²) < 4.78 is 31.7. The van der Waals surface area contributed by atoms with Gasteiger partial charge in [0.1, 0.15) is 11.2 Å². The van der Waals surface area contributed by atoms with Crippen LogP contribution in [0.5, 0.6) is 0 Å². The number of benzene rings is 1. The summed E-state index contributed by atoms with van der Waals surface area (Å²) in [6.07, 6.45) is 1.37. The maximum absolute atomic E-state index is 12.0. The molecule has 96 valence electrons. The van der Waals surface area contributed by atoms with Crippen LogP contribution in [0.1, 0.15) is 5.69 Å². The van der Waals surface area contributed by atoms with Crippen LogP contribution in [-0.2, 0) is 16.6 Å². The second-order valence-corrected chi connectivity index (χ2v) is 6.45. The van der Waals surface area contributed by atoms with Gasteiger partial charge in [-0.15, -0.1) is 0 Å². The molecule has 0 aliphatic carbocycles. The summed E-state index contributed by atoms with van der Waals surface area (Å²) in [5.41, 5.74) is 0.492. The molecule has 0 atom stereocenters. The van der Waals surface area contributed by atoms with Gasteiger partial charge in [-0.2, -0.15) is 0 Å². The summed E-state index contributed by atoms with van der Waals surface area (Å²) in [5, 5.41) is 3.76. The van der Waals surface area contributed by atoms with Gasteiger partial charge in [-0.05, 0) is 18.2 Å². The Hall–Kier alpha value is -0.890. The molecule has 8 heteroatoms. The van der Waals surface area contributed by atoms with E-state index in [0.29, 0.717) is 10.2 Å². The molecule has 0 saturated heterocycles. The largest absolute Gasteiger partial charge is 0.364 e. The molecule has 18 heavy (non-hydrogen) atoms. The number of aromatic nitrogens is 1. The molecule has 0 unspecified atom stereocenters. The summed E-state index contributed by atoms with van der Waals surface area (Å²) in [7, 11) is -3.67. The SMILES string of the molecule is O=S(=O)(NCc1ccon1)c1ccc(Br)cc1Cl. The summed E-state index contributed by atoms with van der Waals surface area (Å²) in [6, 6.07) is 6.13. The molecule has 0 spiro atoms. The Morgan fingerprint density at radius 2 is 2.17 bits per heavy atom. The fourth-order valence-corrected chi connectivity index (χ4v) is 3.30. The van der Waals surface area contributed by atoms with E-state index in [1.165, 1.54) is 18.4 Å². The molecule has 1 heterocycles. The third-order valence-corrected chi connectivity index (χ3v) is 4.50. The fraction of sp³-hybridized carbons (Fsp3) is 0.100. The zero-order chi connectivity index (χ0) is 13.2. The van der Waals surface area contributed by atoms with Crippen LogP contribution in [0.3, 0.4) is 0 Å². The number of nitrogens with one attached hydrogen (secondary N) is 1. The molecule has 1 aromatic heterocycles. The van der Waals surface area contributed by atoms with Crippen LogP contribution in [0.2, 0.25) is 5.02 Å². The first-order valence-corrected chi connectivity index (χ1v) is 7.48. The van der Waals surface area contributed by atoms with Crippen LogP contribution in [0.4, 0.5) is 0 Å². The molecule has 0 fully saturated rings. The third-order valence-electron chi connectivity index (χ3n) is 2.12. The second kappa shape index (κ2) is 5.40. The predicted molar refractivity (Wildman–Crippen MR) is 69.7 cm³/mol. The minimum absolute atomic E-state index is 0.0239. The number of hydrogen-bond acceptors (Lipinski definition) is 4. The molecule has 0 radical (unpaired) electrons. The molecular formula is C10H8BrClN2O3S. The van der Waals surface area contributed by atoms with Crippen molar-refractivity contribution in [3.63, 3.8) is 0 Å². The van der Waals surface area contributed by atoms with Crippen LogP contribution in [0, 0.1) is 0 Å². The van der Waals surface area contributed by atoms with Crippen LogP contribution in [0.25, 0.3) is 0 Å². The molecule has 1 N–H and O–H groups in total. The smallest absolute Gasteiger partial charge is 0.242 e. The van der Waals surface area contributed by atoms with Gasteiger partial charge >= 0.3 is 0 Å². The van der Waals surface area contributed by atoms with Gasteiger partial charge in [0, 0.05) is 10.5 Å². The lowest BCUT2D eigenvalue weighted by Crippen LogP contribution is -2.23. The van der Waals surface area contributed by atoms with Crippen molar-refractivity contribution in [3.05, 3.63) is 45.7 Å². The number of hydrogen-bond donors (Lipinski definition) is 1. The first-order valence-electron chi connectivity index (χ1n) is 4.83. The van der Waals surface area contributed by atoms with Gasteiger partial charge in [-0.1, -0.05) is 32.7 Å². The van der Waals surface area contributed by atoms with E-state index in [4.69, 9.17) is 11.6 Å². The minimum atomic E-state index is -3.67. The summed E-state index contributed by atoms with van der Waals surface area (Å²) in [4.78, 5) is 0.0239. The maximum Gasteiger partial charge on any atom is 0.242 e. The Bertz CT molecular complexity index is 643. The Labute approximate surface area is 117 Å². The standard InChI is InChI=1S/C10H8BrClN2O3S/c11-7-1-2-10(9(12)5-7)18(15,16)13-6-8-3-4-17-14-8/h1-5,13H,6H2. The lowest BCUT2D eigenvalue weighted by molar-refractivity contribution is 0.411. The molecule has 0 saturated carbocycles. The molecule has 0 aliphatic rings. The van der Waals surface area contributed by atoms with Gasteiger partial charge in [0.15, 0.2) is 0 Å². The van der Waals surface area contributed by atoms with Crippen molar-refractivity contribution in [2.45, 2.75) is 11.4 Å². The second-order valence-electron chi connectivity index (χ2n) is 3.39. The molecular weight excluding hydrogens is 344 g/mol. The van der Waals surface area contributed by atoms with Gasteiger partial charge in [-0.25, -0.2) is 13.1 Å². The summed E-state index contributed by atoms with van der Waals surface area (Å²) in [6.45, 7) is 0.0469. The van der Waals surface area contributed by atoms with Crippen molar-refractivity contribution in [3.8, 4) is 0 Å². The highest BCUT2D eigenvalue weighted by Crippen LogP contribution is 2.25. The highest BCUT2D eigenvalue weighted by molar-refractivity contribution is 9.10. The number of rotatable bonds is 4. The summed E-state index contributed by atoms with van der Waals surface area (Å²) in [5.74, 6) is 0. The van der Waals surface area contributed by atoms with Crippen molar-refractivity contribution < 1.29 is 12.9 Å². The van der Waals surface area contributed by atoms with E-state index in [0.717, 1.165) is 0 Å². The zero-order valence-corrected chi connectivity index (χ0v) is 12.1. The zero-order valence-electron chi connectivity index (χ0n) is 8.93. The highest BCUT2D eigenvalue weighted by Gasteiger charge is 2.18. The highest BCUT2D eigenvalue weighted by atomic mass is 79.9. The normalized spacial score (nSPS) is 11.7. The monoisotopic (exact) mass is 350 g/mol. The van der Waals surface area contributed by atoms with Crippen LogP contribution in [-0.4, -0.2) is 13.6 Å². The van der Waals surface area contributed by atoms with E-state index in [9.17, 15) is 8.42 Å². The van der Waals surface area contributed by atoms with Crippen molar-refractivity contribution >= 4 is 37.6 Å². The van der Waals surface area contributed by atoms with Crippen molar-refractivity contribution in [2.24, 2.45) is 0 Å². The van der Waals surface area contributed by atoms with Crippen molar-refractivity contribution in [1.29, 1.82) is 0 Å². The van der Waals surface area contributed by atoms with E-state index < -0.39 is 10.0 Å². The molecule has 2 aromatic rings. The average molecular weight is 352 g/mol. The van der Waals surface area contributed by atoms with E-state index in [-0.39, 0.29) is 16.5 Å². The van der Waals surface area contributed by atoms with E-state index in [2.05, 4.69) is 30.3 Å². The van der Waals surface area contributed by atoms with E-state index in [1.54, 1.807) is 12.1 Å². The van der Waals surface area contributed by atoms with Gasteiger partial charge in [0.2, 0.25) is 10.0 Å². The topological polar surface area (TPSA) is 72.2 Å². The molecule has 0 aliphatic heterocycles. The first kappa shape index (κ1) is 13.5. The first-order chi connectivity index (χ1) is 8.49. The van der Waals surface area contributed by atoms with Gasteiger partial charge in [0.25, 0.3) is 0 Å². The maximum atomic E-state index is 12.0. The Kier molecular flexibility index (Phi) is 4.06. The lowest BCUT2D eigenvalue weighted by Gasteiger charge is -2.07. The van der Waals surface area contributed by atoms with E-state index >= 15 is 0 Å². The number of halogens is 2. The van der Waals surface area contributed by atoms with Crippen LogP contribution < -0.4 is 4.72 Å². The predicted octanol–water partition coefficient (Wildman–Crippen LogP) is 2.57. The lowest BCUT2D eigenvalue weighted by atomic mass is 10.4. The third kappa shape index (κ3) is 3.11. The average Bonchev–Trinajstić information content (AvgIpc) is 2.78. The molecule has 0 bridgehead atoms. The fourth-order valence-electron chi connectivity index (χ4n) is 1.27. The molecule has 1 aromatic carbocycles. The number of sulfonamides is 1. The van der Waals surface area contributed by atoms with Crippen LogP contribution in [0.15, 0.2) is 44.4 Å². The summed E-state index contributed by atoms with van der Waals surface area (Å²) >= 11 is 9.10. The Balaban J connectivity index is 2.20. The van der Waals surface area contributed by atoms with Gasteiger partial charge in [-0.3, -0.25) is 0 Å². The molecule has 5 nitrogen and oxygen atoms in total. The van der Waals surface area contributed by atoms with Crippen molar-refractivity contribution in [1.82, 2.24) is 9.88 Å². The minimum Gasteiger partial charge on any atom is -0.364 e. The Morgan fingerprint density at radius 3 is 2.78 bits per heavy atom. The quantitative estimate of drug-likeness (QED) is 0.919. The van der Waals surface area contributed by atoms with Gasteiger partial charge < -0.3 is 4.52 Å². The molecule has 0 amide bonds. The van der Waals surface area contributed by atoms with Gasteiger partial charge in [0.05, 0.1) is 17.3 Å². The van der Waals surface area contributed by atoms with Crippen molar-refractivity contribution in [2.75, 3.05) is 0 Å². The Morgan fingerprint density at radius 1 is 1.39 bits per heavy atom. The van der Waals surface area contributed by atoms with Crippen LogP contribution >= 0.6 is 27.5 Å². The number of nitrogens with zero attached hydrogens (tertiary/aromatic N) is 1.